The third-order valence-corrected chi connectivity index (χ3v) is 5.99. The molecule has 1 amide bonds. The molecule has 2 fully saturated rings. The number of hydrogen-bond donors (Lipinski definition) is 1. The Kier molecular flexibility index (Phi) is 5.89. The first-order chi connectivity index (χ1) is 16.1. The number of nitrogens with zero attached hydrogens (tertiary/aromatic N) is 2. The zero-order valence-electron chi connectivity index (χ0n) is 17.9. The van der Waals surface area contributed by atoms with Crippen molar-refractivity contribution in [2.45, 2.75) is 50.1 Å². The zero-order chi connectivity index (χ0) is 24.1. The summed E-state index contributed by atoms with van der Waals surface area (Å²) in [5.41, 5.74) is -0.779. The maximum Gasteiger partial charge on any atom is 0.420 e. The van der Waals surface area contributed by atoms with Crippen LogP contribution in [0.2, 0.25) is 0 Å². The van der Waals surface area contributed by atoms with Gasteiger partial charge in [-0.15, -0.1) is 0 Å². The Bertz CT molecular complexity index is 1070. The first-order valence-corrected chi connectivity index (χ1v) is 10.9. The van der Waals surface area contributed by atoms with Gasteiger partial charge < -0.3 is 23.9 Å². The van der Waals surface area contributed by atoms with Crippen molar-refractivity contribution in [3.05, 3.63) is 28.8 Å². The van der Waals surface area contributed by atoms with Crippen LogP contribution >= 0.6 is 0 Å². The molecule has 2 aromatic heterocycles. The zero-order valence-corrected chi connectivity index (χ0v) is 17.9. The molecular weight excluding hydrogens is 469 g/mol. The summed E-state index contributed by atoms with van der Waals surface area (Å²) >= 11 is 0. The smallest absolute Gasteiger partial charge is 0.420 e. The molecule has 1 aliphatic carbocycles. The number of amides is 1. The molecule has 0 aromatic carbocycles. The van der Waals surface area contributed by atoms with Gasteiger partial charge in [0.2, 0.25) is 5.76 Å². The third kappa shape index (κ3) is 4.56. The van der Waals surface area contributed by atoms with Crippen molar-refractivity contribution in [2.24, 2.45) is 0 Å². The van der Waals surface area contributed by atoms with Gasteiger partial charge in [-0.3, -0.25) is 9.48 Å². The van der Waals surface area contributed by atoms with E-state index >= 15 is 0 Å². The standard InChI is InChI=1S/C21H22F5N3O5/c22-20(23)5-12(33-10-20)6-27-19(30)18-16(21(24,25)26)15-14(34-18)2-1-11-7-29(28-17(11)15)8-13-9-31-3-4-32-13/h7,12-13H,1-6,8-10H2,(H,27,30)/t12-,13+/m1/s1. The summed E-state index contributed by atoms with van der Waals surface area (Å²) in [6, 6.07) is 0. The lowest BCUT2D eigenvalue weighted by Crippen LogP contribution is -2.33. The molecule has 8 nitrogen and oxygen atoms in total. The molecule has 4 heterocycles. The van der Waals surface area contributed by atoms with E-state index in [9.17, 15) is 26.7 Å². The highest BCUT2D eigenvalue weighted by molar-refractivity contribution is 5.96. The lowest BCUT2D eigenvalue weighted by atomic mass is 9.93. The van der Waals surface area contributed by atoms with Gasteiger partial charge in [-0.05, 0) is 12.0 Å². The fraction of sp³-hybridized carbons (Fsp3) is 0.619. The molecule has 13 heteroatoms. The summed E-state index contributed by atoms with van der Waals surface area (Å²) in [4.78, 5) is 12.6. The Hall–Kier alpha value is -2.51. The molecule has 0 bridgehead atoms. The Labute approximate surface area is 190 Å². The molecule has 2 atom stereocenters. The predicted molar refractivity (Wildman–Crippen MR) is 105 cm³/mol. The maximum atomic E-state index is 14.1. The second kappa shape index (κ2) is 8.61. The Morgan fingerprint density at radius 1 is 1.21 bits per heavy atom. The van der Waals surface area contributed by atoms with Crippen molar-refractivity contribution in [1.29, 1.82) is 0 Å². The highest BCUT2D eigenvalue weighted by Crippen LogP contribution is 2.46. The Morgan fingerprint density at radius 2 is 2.03 bits per heavy atom. The van der Waals surface area contributed by atoms with Gasteiger partial charge in [-0.1, -0.05) is 0 Å². The van der Waals surface area contributed by atoms with Crippen molar-refractivity contribution in [3.8, 4) is 11.3 Å². The monoisotopic (exact) mass is 491 g/mol. The molecule has 0 saturated carbocycles. The van der Waals surface area contributed by atoms with Crippen LogP contribution in [0.3, 0.4) is 0 Å². The van der Waals surface area contributed by atoms with Gasteiger partial charge in [0.25, 0.3) is 11.8 Å². The number of carbonyl (C=O) groups excluding carboxylic acids is 1. The molecule has 186 valence electrons. The molecule has 5 rings (SSSR count). The molecule has 2 saturated heterocycles. The molecule has 1 N–H and O–H groups in total. The SMILES string of the molecule is O=C(NC[C@H]1CC(F)(F)CO1)c1oc2c(c1C(F)(F)F)-c1nn(C[C@H]3COCCO3)cc1CC2. The highest BCUT2D eigenvalue weighted by atomic mass is 19.4. The van der Waals surface area contributed by atoms with Gasteiger partial charge in [-0.2, -0.15) is 18.3 Å². The number of rotatable bonds is 5. The van der Waals surface area contributed by atoms with Crippen LogP contribution in [-0.4, -0.2) is 66.8 Å². The molecule has 2 aliphatic heterocycles. The Morgan fingerprint density at radius 3 is 2.71 bits per heavy atom. The minimum atomic E-state index is -4.90. The van der Waals surface area contributed by atoms with Crippen LogP contribution in [0.15, 0.2) is 10.6 Å². The van der Waals surface area contributed by atoms with Crippen molar-refractivity contribution in [2.75, 3.05) is 33.0 Å². The van der Waals surface area contributed by atoms with E-state index in [4.69, 9.17) is 18.6 Å². The minimum Gasteiger partial charge on any atom is -0.455 e. The summed E-state index contributed by atoms with van der Waals surface area (Å²) in [5.74, 6) is -5.07. The van der Waals surface area contributed by atoms with E-state index in [0.717, 1.165) is 0 Å². The van der Waals surface area contributed by atoms with Crippen LogP contribution in [-0.2, 0) is 39.8 Å². The van der Waals surface area contributed by atoms with Crippen LogP contribution < -0.4 is 5.32 Å². The number of carbonyl (C=O) groups is 1. The summed E-state index contributed by atoms with van der Waals surface area (Å²) in [6.07, 6.45) is -4.57. The third-order valence-electron chi connectivity index (χ3n) is 5.99. The van der Waals surface area contributed by atoms with Gasteiger partial charge in [0.05, 0.1) is 43.7 Å². The first kappa shape index (κ1) is 23.2. The molecular formula is C21H22F5N3O5. The lowest BCUT2D eigenvalue weighted by Gasteiger charge is -2.22. The number of ether oxygens (including phenoxy) is 3. The van der Waals surface area contributed by atoms with E-state index in [1.807, 2.05) is 0 Å². The van der Waals surface area contributed by atoms with Crippen molar-refractivity contribution in [3.63, 3.8) is 0 Å². The Balaban J connectivity index is 1.41. The number of alkyl halides is 5. The first-order valence-electron chi connectivity index (χ1n) is 10.9. The van der Waals surface area contributed by atoms with E-state index in [1.165, 1.54) is 4.68 Å². The quantitative estimate of drug-likeness (QED) is 0.648. The molecule has 0 spiro atoms. The predicted octanol–water partition coefficient (Wildman–Crippen LogP) is 2.83. The van der Waals surface area contributed by atoms with Gasteiger partial charge in [0, 0.05) is 25.6 Å². The average molecular weight is 491 g/mol. The molecule has 34 heavy (non-hydrogen) atoms. The summed E-state index contributed by atoms with van der Waals surface area (Å²) in [6.45, 7) is 0.425. The van der Waals surface area contributed by atoms with E-state index in [-0.39, 0.29) is 36.1 Å². The molecule has 2 aromatic rings. The largest absolute Gasteiger partial charge is 0.455 e. The number of hydrogen-bond acceptors (Lipinski definition) is 6. The number of aryl methyl sites for hydroxylation is 2. The second-order valence-electron chi connectivity index (χ2n) is 8.60. The fourth-order valence-corrected chi connectivity index (χ4v) is 4.49. The summed E-state index contributed by atoms with van der Waals surface area (Å²) < 4.78 is 91.6. The van der Waals surface area contributed by atoms with E-state index < -0.39 is 48.5 Å². The van der Waals surface area contributed by atoms with Crippen LogP contribution in [0.1, 0.15) is 33.9 Å². The number of halogens is 5. The van der Waals surface area contributed by atoms with Crippen molar-refractivity contribution in [1.82, 2.24) is 15.1 Å². The number of aromatic nitrogens is 2. The molecule has 3 aliphatic rings. The normalized spacial score (nSPS) is 24.0. The maximum absolute atomic E-state index is 14.1. The number of furan rings is 1. The summed E-state index contributed by atoms with van der Waals surface area (Å²) in [5, 5.41) is 6.58. The lowest BCUT2D eigenvalue weighted by molar-refractivity contribution is -0.137. The second-order valence-corrected chi connectivity index (χ2v) is 8.60. The highest BCUT2D eigenvalue weighted by Gasteiger charge is 2.46. The number of nitrogens with one attached hydrogen (secondary N) is 1. The van der Waals surface area contributed by atoms with Gasteiger partial charge >= 0.3 is 6.18 Å². The van der Waals surface area contributed by atoms with Crippen molar-refractivity contribution < 1.29 is 45.4 Å². The molecule has 0 radical (unpaired) electrons. The van der Waals surface area contributed by atoms with Crippen LogP contribution in [0.5, 0.6) is 0 Å². The van der Waals surface area contributed by atoms with Gasteiger partial charge in [0.15, 0.2) is 0 Å². The van der Waals surface area contributed by atoms with Gasteiger partial charge in [-0.25, -0.2) is 8.78 Å². The van der Waals surface area contributed by atoms with E-state index in [0.29, 0.717) is 38.3 Å². The molecule has 0 unspecified atom stereocenters. The summed E-state index contributed by atoms with van der Waals surface area (Å²) in [7, 11) is 0. The van der Waals surface area contributed by atoms with Crippen LogP contribution in [0, 0.1) is 0 Å². The van der Waals surface area contributed by atoms with Crippen LogP contribution in [0.4, 0.5) is 22.0 Å². The van der Waals surface area contributed by atoms with E-state index in [1.54, 1.807) is 6.20 Å². The fourth-order valence-electron chi connectivity index (χ4n) is 4.49. The van der Waals surface area contributed by atoms with E-state index in [2.05, 4.69) is 10.4 Å². The van der Waals surface area contributed by atoms with Crippen molar-refractivity contribution >= 4 is 5.91 Å². The van der Waals surface area contributed by atoms with Gasteiger partial charge in [0.1, 0.15) is 24.0 Å². The minimum absolute atomic E-state index is 0.0103. The topological polar surface area (TPSA) is 87.8 Å². The average Bonchev–Trinajstić information content (AvgIpc) is 3.46. The number of fused-ring (bicyclic) bond motifs is 3. The van der Waals surface area contributed by atoms with Crippen LogP contribution in [0.25, 0.3) is 11.3 Å².